The summed E-state index contributed by atoms with van der Waals surface area (Å²) in [6.45, 7) is 4.11. The summed E-state index contributed by atoms with van der Waals surface area (Å²) in [4.78, 5) is -0.0371. The van der Waals surface area contributed by atoms with Crippen molar-refractivity contribution in [1.29, 1.82) is 0 Å². The summed E-state index contributed by atoms with van der Waals surface area (Å²) in [7, 11) is -3.87. The van der Waals surface area contributed by atoms with E-state index in [4.69, 9.17) is 0 Å². The number of aryl methyl sites for hydroxylation is 2. The molecule has 0 unspecified atom stereocenters. The number of anilines is 2. The van der Waals surface area contributed by atoms with E-state index in [-0.39, 0.29) is 16.3 Å². The lowest BCUT2D eigenvalue weighted by atomic mass is 10.1. The molecule has 140 valence electrons. The fourth-order valence-corrected chi connectivity index (χ4v) is 3.54. The Morgan fingerprint density at radius 1 is 0.926 bits per heavy atom. The molecule has 0 saturated carbocycles. The van der Waals surface area contributed by atoms with Crippen molar-refractivity contribution in [1.82, 2.24) is 10.2 Å². The second-order valence-corrected chi connectivity index (χ2v) is 7.78. The first kappa shape index (κ1) is 18.8. The number of sulfonamides is 1. The average Bonchev–Trinajstić information content (AvgIpc) is 2.64. The third-order valence-electron chi connectivity index (χ3n) is 4.06. The Bertz CT molecular complexity index is 1050. The molecule has 8 heteroatoms. The average molecular weight is 386 g/mol. The molecule has 0 spiro atoms. The fraction of sp³-hybridized carbons (Fsp3) is 0.158. The highest BCUT2D eigenvalue weighted by atomic mass is 32.2. The van der Waals surface area contributed by atoms with E-state index in [0.29, 0.717) is 12.4 Å². The molecule has 27 heavy (non-hydrogen) atoms. The van der Waals surface area contributed by atoms with Gasteiger partial charge in [-0.05, 0) is 60.9 Å². The zero-order valence-corrected chi connectivity index (χ0v) is 15.7. The molecule has 0 bridgehead atoms. The number of aromatic nitrogens is 2. The summed E-state index contributed by atoms with van der Waals surface area (Å²) in [5.41, 5.74) is 2.55. The van der Waals surface area contributed by atoms with Crippen LogP contribution in [0.5, 0.6) is 0 Å². The third-order valence-corrected chi connectivity index (χ3v) is 5.42. The van der Waals surface area contributed by atoms with Crippen molar-refractivity contribution in [3.63, 3.8) is 0 Å². The Labute approximate surface area is 157 Å². The highest BCUT2D eigenvalue weighted by Crippen LogP contribution is 2.18. The summed E-state index contributed by atoms with van der Waals surface area (Å²) < 4.78 is 40.4. The zero-order valence-electron chi connectivity index (χ0n) is 14.9. The number of hydrogen-bond acceptors (Lipinski definition) is 5. The van der Waals surface area contributed by atoms with Crippen molar-refractivity contribution in [2.24, 2.45) is 0 Å². The first-order valence-electron chi connectivity index (χ1n) is 8.26. The first-order valence-corrected chi connectivity index (χ1v) is 9.74. The van der Waals surface area contributed by atoms with Crippen LogP contribution in [0.15, 0.2) is 59.5 Å². The lowest BCUT2D eigenvalue weighted by molar-refractivity contribution is 0.598. The minimum atomic E-state index is -3.87. The van der Waals surface area contributed by atoms with E-state index in [2.05, 4.69) is 20.2 Å². The predicted molar refractivity (Wildman–Crippen MR) is 102 cm³/mol. The monoisotopic (exact) mass is 386 g/mol. The standard InChI is InChI=1S/C19H19FN4O2S/c1-13-5-3-4-6-15(13)12-21-18-9-10-19(23-22-18)24-27(25,26)16-7-8-17(20)14(2)11-16/h3-11H,12H2,1-2H3,(H,21,22)(H,23,24). The van der Waals surface area contributed by atoms with Crippen LogP contribution in [0.3, 0.4) is 0 Å². The SMILES string of the molecule is Cc1cc(S(=O)(=O)Nc2ccc(NCc3ccccc3C)nn2)ccc1F. The molecule has 2 aromatic carbocycles. The maximum atomic E-state index is 13.3. The van der Waals surface area contributed by atoms with Gasteiger partial charge >= 0.3 is 0 Å². The second kappa shape index (κ2) is 7.71. The van der Waals surface area contributed by atoms with Crippen LogP contribution in [-0.2, 0) is 16.6 Å². The van der Waals surface area contributed by atoms with Gasteiger partial charge in [-0.25, -0.2) is 12.8 Å². The maximum absolute atomic E-state index is 13.3. The lowest BCUT2D eigenvalue weighted by Crippen LogP contribution is -2.15. The lowest BCUT2D eigenvalue weighted by Gasteiger charge is -2.10. The van der Waals surface area contributed by atoms with E-state index in [1.165, 1.54) is 25.1 Å². The zero-order chi connectivity index (χ0) is 19.4. The fourth-order valence-electron chi connectivity index (χ4n) is 2.46. The molecule has 3 rings (SSSR count). The Kier molecular flexibility index (Phi) is 5.36. The summed E-state index contributed by atoms with van der Waals surface area (Å²) in [5, 5.41) is 11.0. The van der Waals surface area contributed by atoms with E-state index in [1.54, 1.807) is 6.07 Å². The van der Waals surface area contributed by atoms with Crippen LogP contribution in [0, 0.1) is 19.7 Å². The molecule has 0 aliphatic rings. The van der Waals surface area contributed by atoms with Gasteiger partial charge in [0, 0.05) is 6.54 Å². The van der Waals surface area contributed by atoms with Gasteiger partial charge in [-0.15, -0.1) is 10.2 Å². The van der Waals surface area contributed by atoms with Crippen molar-refractivity contribution in [2.75, 3.05) is 10.0 Å². The molecule has 0 amide bonds. The normalized spacial score (nSPS) is 11.2. The Morgan fingerprint density at radius 2 is 1.63 bits per heavy atom. The molecule has 0 atom stereocenters. The molecule has 3 aromatic rings. The van der Waals surface area contributed by atoms with Crippen LogP contribution in [0.4, 0.5) is 16.0 Å². The van der Waals surface area contributed by atoms with Gasteiger partial charge < -0.3 is 5.32 Å². The number of nitrogens with one attached hydrogen (secondary N) is 2. The molecule has 1 heterocycles. The summed E-state index contributed by atoms with van der Waals surface area (Å²) in [5.74, 6) is 0.148. The highest BCUT2D eigenvalue weighted by Gasteiger charge is 2.16. The van der Waals surface area contributed by atoms with Crippen molar-refractivity contribution >= 4 is 21.7 Å². The van der Waals surface area contributed by atoms with Crippen molar-refractivity contribution in [3.05, 3.63) is 77.1 Å². The van der Waals surface area contributed by atoms with Crippen LogP contribution >= 0.6 is 0 Å². The van der Waals surface area contributed by atoms with Crippen molar-refractivity contribution < 1.29 is 12.8 Å². The second-order valence-electron chi connectivity index (χ2n) is 6.10. The molecule has 6 nitrogen and oxygen atoms in total. The number of halogens is 1. The van der Waals surface area contributed by atoms with Gasteiger partial charge in [0.05, 0.1) is 4.90 Å². The van der Waals surface area contributed by atoms with Gasteiger partial charge in [0.25, 0.3) is 10.0 Å². The highest BCUT2D eigenvalue weighted by molar-refractivity contribution is 7.92. The number of hydrogen-bond donors (Lipinski definition) is 2. The number of nitrogens with zero attached hydrogens (tertiary/aromatic N) is 2. The molecular weight excluding hydrogens is 367 g/mol. The Morgan fingerprint density at radius 3 is 2.30 bits per heavy atom. The van der Waals surface area contributed by atoms with E-state index in [9.17, 15) is 12.8 Å². The van der Waals surface area contributed by atoms with E-state index in [1.807, 2.05) is 31.2 Å². The van der Waals surface area contributed by atoms with Crippen molar-refractivity contribution in [2.45, 2.75) is 25.3 Å². The van der Waals surface area contributed by atoms with E-state index < -0.39 is 15.8 Å². The number of benzene rings is 2. The molecular formula is C19H19FN4O2S. The molecule has 0 fully saturated rings. The van der Waals surface area contributed by atoms with Crippen LogP contribution < -0.4 is 10.0 Å². The van der Waals surface area contributed by atoms with Gasteiger partial charge in [0.2, 0.25) is 0 Å². The molecule has 1 aromatic heterocycles. The van der Waals surface area contributed by atoms with Gasteiger partial charge in [-0.1, -0.05) is 24.3 Å². The molecule has 0 radical (unpaired) electrons. The summed E-state index contributed by atoms with van der Waals surface area (Å²) in [6.07, 6.45) is 0. The Hall–Kier alpha value is -3.00. The molecule has 0 aliphatic carbocycles. The maximum Gasteiger partial charge on any atom is 0.263 e. The molecule has 0 saturated heterocycles. The third kappa shape index (κ3) is 4.59. The van der Waals surface area contributed by atoms with Gasteiger partial charge in [0.1, 0.15) is 11.6 Å². The smallest absolute Gasteiger partial charge is 0.263 e. The van der Waals surface area contributed by atoms with Gasteiger partial charge in [-0.3, -0.25) is 4.72 Å². The van der Waals surface area contributed by atoms with Crippen LogP contribution in [-0.4, -0.2) is 18.6 Å². The van der Waals surface area contributed by atoms with Crippen molar-refractivity contribution in [3.8, 4) is 0 Å². The van der Waals surface area contributed by atoms with Gasteiger partial charge in [0.15, 0.2) is 5.82 Å². The first-order chi connectivity index (χ1) is 12.8. The summed E-state index contributed by atoms with van der Waals surface area (Å²) >= 11 is 0. The van der Waals surface area contributed by atoms with E-state index >= 15 is 0 Å². The molecule has 2 N–H and O–H groups in total. The van der Waals surface area contributed by atoms with Gasteiger partial charge in [-0.2, -0.15) is 0 Å². The van der Waals surface area contributed by atoms with Crippen LogP contribution in [0.25, 0.3) is 0 Å². The quantitative estimate of drug-likeness (QED) is 0.676. The molecule has 0 aliphatic heterocycles. The largest absolute Gasteiger partial charge is 0.364 e. The van der Waals surface area contributed by atoms with E-state index in [0.717, 1.165) is 17.2 Å². The van der Waals surface area contributed by atoms with Crippen LogP contribution in [0.2, 0.25) is 0 Å². The summed E-state index contributed by atoms with van der Waals surface area (Å²) in [6, 6.07) is 14.7. The number of rotatable bonds is 6. The predicted octanol–water partition coefficient (Wildman–Crippen LogP) is 3.65. The minimum absolute atomic E-state index is 0.0371. The minimum Gasteiger partial charge on any atom is -0.364 e. The Balaban J connectivity index is 1.68. The van der Waals surface area contributed by atoms with Crippen LogP contribution in [0.1, 0.15) is 16.7 Å². The topological polar surface area (TPSA) is 84.0 Å².